The summed E-state index contributed by atoms with van der Waals surface area (Å²) in [6.07, 6.45) is 1.34. The summed E-state index contributed by atoms with van der Waals surface area (Å²) in [7, 11) is -3.72. The van der Waals surface area contributed by atoms with Crippen molar-refractivity contribution in [1.82, 2.24) is 9.97 Å². The molecular formula is C22H22N4O3S2. The largest absolute Gasteiger partial charge is 0.325 e. The van der Waals surface area contributed by atoms with E-state index in [4.69, 9.17) is 0 Å². The molecule has 1 aromatic heterocycles. The maximum Gasteiger partial charge on any atom is 0.268 e. The fraction of sp³-hybridized carbons (Fsp3) is 0.227. The highest BCUT2D eigenvalue weighted by atomic mass is 32.2. The van der Waals surface area contributed by atoms with Crippen LogP contribution in [0.5, 0.6) is 0 Å². The number of nitrogens with zero attached hydrogens (tertiary/aromatic N) is 3. The molecule has 1 N–H and O–H groups in total. The number of fused-ring (bicyclic) bond motifs is 3. The first kappa shape index (κ1) is 21.3. The molecule has 0 radical (unpaired) electrons. The molecule has 1 aliphatic rings. The van der Waals surface area contributed by atoms with Crippen LogP contribution < -0.4 is 9.62 Å². The van der Waals surface area contributed by atoms with Gasteiger partial charge >= 0.3 is 0 Å². The number of carbonyl (C=O) groups excluding carboxylic acids is 1. The van der Waals surface area contributed by atoms with Crippen molar-refractivity contribution >= 4 is 39.1 Å². The molecule has 0 unspecified atom stereocenters. The molecule has 31 heavy (non-hydrogen) atoms. The van der Waals surface area contributed by atoms with Crippen LogP contribution in [0.4, 0.5) is 11.4 Å². The minimum absolute atomic E-state index is 0.0809. The average molecular weight is 455 g/mol. The molecule has 3 aromatic rings. The molecule has 0 fully saturated rings. The number of aryl methyl sites for hydroxylation is 2. The summed E-state index contributed by atoms with van der Waals surface area (Å²) in [6, 6.07) is 13.1. The number of hydrogen-bond acceptors (Lipinski definition) is 6. The summed E-state index contributed by atoms with van der Waals surface area (Å²) in [4.78, 5) is 21.3. The summed E-state index contributed by atoms with van der Waals surface area (Å²) in [5.74, 6) is -0.0592. The standard InChI is InChI=1S/C22H22N4O3S2/c1-4-26-17-11-6-5-10-16(17)21-18(31(26,28)29)12-23-22(25-21)30-13-19(27)24-20-14(2)8-7-9-15(20)3/h5-12H,4,13H2,1-3H3,(H,24,27). The summed E-state index contributed by atoms with van der Waals surface area (Å²) in [5.41, 5.74) is 4.49. The van der Waals surface area contributed by atoms with E-state index in [9.17, 15) is 13.2 Å². The van der Waals surface area contributed by atoms with Crippen LogP contribution in [0.15, 0.2) is 58.7 Å². The summed E-state index contributed by atoms with van der Waals surface area (Å²) in [5, 5.41) is 3.29. The van der Waals surface area contributed by atoms with Crippen LogP contribution in [-0.2, 0) is 14.8 Å². The fourth-order valence-corrected chi connectivity index (χ4v) is 5.80. The van der Waals surface area contributed by atoms with E-state index in [-0.39, 0.29) is 16.6 Å². The predicted octanol–water partition coefficient (Wildman–Crippen LogP) is 4.02. The number of amides is 1. The Kier molecular flexibility index (Phi) is 5.72. The van der Waals surface area contributed by atoms with Crippen molar-refractivity contribution in [3.8, 4) is 11.3 Å². The first-order valence-corrected chi connectivity index (χ1v) is 12.2. The van der Waals surface area contributed by atoms with Gasteiger partial charge in [0, 0.05) is 17.8 Å². The Bertz CT molecular complexity index is 1260. The Morgan fingerprint density at radius 2 is 1.81 bits per heavy atom. The molecule has 9 heteroatoms. The van der Waals surface area contributed by atoms with Crippen molar-refractivity contribution in [1.29, 1.82) is 0 Å². The molecule has 0 atom stereocenters. The number of para-hydroxylation sites is 2. The first-order chi connectivity index (χ1) is 14.8. The summed E-state index contributed by atoms with van der Waals surface area (Å²) in [6.45, 7) is 5.99. The van der Waals surface area contributed by atoms with Gasteiger partial charge < -0.3 is 5.32 Å². The van der Waals surface area contributed by atoms with E-state index < -0.39 is 10.0 Å². The maximum atomic E-state index is 13.0. The number of anilines is 2. The summed E-state index contributed by atoms with van der Waals surface area (Å²) < 4.78 is 27.4. The number of thioether (sulfide) groups is 1. The lowest BCUT2D eigenvalue weighted by Gasteiger charge is -2.30. The van der Waals surface area contributed by atoms with Crippen LogP contribution in [0.2, 0.25) is 0 Å². The number of hydrogen-bond donors (Lipinski definition) is 1. The quantitative estimate of drug-likeness (QED) is 0.462. The molecule has 0 saturated heterocycles. The average Bonchev–Trinajstić information content (AvgIpc) is 2.75. The highest BCUT2D eigenvalue weighted by molar-refractivity contribution is 7.99. The molecule has 0 spiro atoms. The van der Waals surface area contributed by atoms with E-state index in [2.05, 4.69) is 15.3 Å². The van der Waals surface area contributed by atoms with Gasteiger partial charge in [0.05, 0.1) is 23.3 Å². The molecule has 4 rings (SSSR count). The van der Waals surface area contributed by atoms with Gasteiger partial charge in [0.2, 0.25) is 5.91 Å². The topological polar surface area (TPSA) is 92.3 Å². The van der Waals surface area contributed by atoms with Crippen molar-refractivity contribution in [2.75, 3.05) is 21.9 Å². The zero-order valence-corrected chi connectivity index (χ0v) is 19.0. The second-order valence-electron chi connectivity index (χ2n) is 7.16. The normalized spacial score (nSPS) is 14.0. The first-order valence-electron chi connectivity index (χ1n) is 9.81. The van der Waals surface area contributed by atoms with Gasteiger partial charge in [-0.15, -0.1) is 0 Å². The number of nitrogens with one attached hydrogen (secondary N) is 1. The molecule has 160 valence electrons. The van der Waals surface area contributed by atoms with Gasteiger partial charge in [-0.2, -0.15) is 0 Å². The van der Waals surface area contributed by atoms with E-state index in [1.54, 1.807) is 19.1 Å². The molecule has 0 saturated carbocycles. The molecule has 0 bridgehead atoms. The maximum absolute atomic E-state index is 13.0. The minimum Gasteiger partial charge on any atom is -0.325 e. The molecule has 7 nitrogen and oxygen atoms in total. The lowest BCUT2D eigenvalue weighted by atomic mass is 10.1. The monoisotopic (exact) mass is 454 g/mol. The number of sulfonamides is 1. The lowest BCUT2D eigenvalue weighted by molar-refractivity contribution is -0.113. The summed E-state index contributed by atoms with van der Waals surface area (Å²) >= 11 is 1.17. The smallest absolute Gasteiger partial charge is 0.268 e. The van der Waals surface area contributed by atoms with Crippen molar-refractivity contribution < 1.29 is 13.2 Å². The zero-order chi connectivity index (χ0) is 22.2. The highest BCUT2D eigenvalue weighted by Gasteiger charge is 2.35. The lowest BCUT2D eigenvalue weighted by Crippen LogP contribution is -2.34. The van der Waals surface area contributed by atoms with Crippen LogP contribution in [0.3, 0.4) is 0 Å². The van der Waals surface area contributed by atoms with Crippen molar-refractivity contribution in [2.45, 2.75) is 30.8 Å². The molecule has 1 aliphatic heterocycles. The third-order valence-corrected chi connectivity index (χ3v) is 7.85. The van der Waals surface area contributed by atoms with Crippen LogP contribution in [0, 0.1) is 13.8 Å². The molecule has 2 heterocycles. The second kappa shape index (κ2) is 8.32. The van der Waals surface area contributed by atoms with Gasteiger partial charge in [-0.3, -0.25) is 9.10 Å². The van der Waals surface area contributed by atoms with Crippen LogP contribution in [-0.4, -0.2) is 36.6 Å². The highest BCUT2D eigenvalue weighted by Crippen LogP contribution is 2.41. The Hall–Kier alpha value is -2.91. The Labute approximate surface area is 186 Å². The Morgan fingerprint density at radius 3 is 2.52 bits per heavy atom. The van der Waals surface area contributed by atoms with E-state index in [1.807, 2.05) is 44.2 Å². The minimum atomic E-state index is -3.72. The van der Waals surface area contributed by atoms with E-state index in [1.165, 1.54) is 22.3 Å². The van der Waals surface area contributed by atoms with E-state index >= 15 is 0 Å². The van der Waals surface area contributed by atoms with Crippen LogP contribution >= 0.6 is 11.8 Å². The number of rotatable bonds is 5. The Morgan fingerprint density at radius 1 is 1.10 bits per heavy atom. The van der Waals surface area contributed by atoms with Gasteiger partial charge in [-0.05, 0) is 38.0 Å². The molecule has 1 amide bonds. The third kappa shape index (κ3) is 3.90. The van der Waals surface area contributed by atoms with Gasteiger partial charge in [0.1, 0.15) is 4.90 Å². The molecular weight excluding hydrogens is 432 g/mol. The van der Waals surface area contributed by atoms with E-state index in [0.29, 0.717) is 23.1 Å². The van der Waals surface area contributed by atoms with Crippen molar-refractivity contribution in [2.24, 2.45) is 0 Å². The number of benzene rings is 2. The van der Waals surface area contributed by atoms with E-state index in [0.717, 1.165) is 22.4 Å². The van der Waals surface area contributed by atoms with Crippen molar-refractivity contribution in [3.63, 3.8) is 0 Å². The van der Waals surface area contributed by atoms with Gasteiger partial charge in [-0.1, -0.05) is 48.2 Å². The number of aromatic nitrogens is 2. The third-order valence-electron chi connectivity index (χ3n) is 5.09. The van der Waals surface area contributed by atoms with Gasteiger partial charge in [0.25, 0.3) is 10.0 Å². The van der Waals surface area contributed by atoms with Gasteiger partial charge in [0.15, 0.2) is 5.16 Å². The second-order valence-corrected chi connectivity index (χ2v) is 9.93. The van der Waals surface area contributed by atoms with Crippen LogP contribution in [0.25, 0.3) is 11.3 Å². The predicted molar refractivity (Wildman–Crippen MR) is 123 cm³/mol. The fourth-order valence-electron chi connectivity index (χ4n) is 3.60. The Balaban J connectivity index is 1.59. The van der Waals surface area contributed by atoms with Crippen LogP contribution in [0.1, 0.15) is 18.1 Å². The zero-order valence-electron chi connectivity index (χ0n) is 17.4. The molecule has 0 aliphatic carbocycles. The molecule has 2 aromatic carbocycles. The van der Waals surface area contributed by atoms with Gasteiger partial charge in [-0.25, -0.2) is 18.4 Å². The van der Waals surface area contributed by atoms with Crippen molar-refractivity contribution in [3.05, 3.63) is 59.8 Å². The SMILES string of the molecule is CCN1c2ccccc2-c2nc(SCC(=O)Nc3c(C)cccc3C)ncc2S1(=O)=O. The number of carbonyl (C=O) groups is 1.